The number of carbonyl (C=O) groups excluding carboxylic acids is 1. The summed E-state index contributed by atoms with van der Waals surface area (Å²) < 4.78 is 32.2. The molecule has 0 saturated heterocycles. The van der Waals surface area contributed by atoms with E-state index in [1.165, 1.54) is 28.8 Å². The smallest absolute Gasteiger partial charge is 0.355 e. The highest BCUT2D eigenvalue weighted by molar-refractivity contribution is 5.92. The van der Waals surface area contributed by atoms with Crippen molar-refractivity contribution in [2.45, 2.75) is 66.3 Å². The van der Waals surface area contributed by atoms with Gasteiger partial charge in [-0.3, -0.25) is 9.78 Å². The number of hydrogen-bond acceptors (Lipinski definition) is 7. The van der Waals surface area contributed by atoms with Crippen molar-refractivity contribution >= 4 is 22.6 Å². The lowest BCUT2D eigenvalue weighted by Gasteiger charge is -2.32. The highest BCUT2D eigenvalue weighted by atomic mass is 19.1. The topological polar surface area (TPSA) is 101 Å². The first-order valence-electron chi connectivity index (χ1n) is 14.5. The Bertz CT molecular complexity index is 1720. The van der Waals surface area contributed by atoms with Crippen LogP contribution in [0.1, 0.15) is 58.2 Å². The molecule has 226 valence electrons. The van der Waals surface area contributed by atoms with Crippen molar-refractivity contribution in [3.63, 3.8) is 0 Å². The van der Waals surface area contributed by atoms with Crippen LogP contribution in [0.4, 0.5) is 14.6 Å². The van der Waals surface area contributed by atoms with Crippen LogP contribution in [0.2, 0.25) is 0 Å². The molecule has 0 fully saturated rings. The molecule has 0 aliphatic rings. The minimum atomic E-state index is -0.892. The van der Waals surface area contributed by atoms with Gasteiger partial charge in [-0.1, -0.05) is 39.8 Å². The number of carbonyl (C=O) groups is 1. The van der Waals surface area contributed by atoms with Gasteiger partial charge in [0, 0.05) is 24.7 Å². The third kappa shape index (κ3) is 6.18. The third-order valence-electron chi connectivity index (χ3n) is 7.59. The van der Waals surface area contributed by atoms with Crippen LogP contribution in [-0.2, 0) is 11.2 Å². The number of aromatic nitrogens is 4. The zero-order valence-corrected chi connectivity index (χ0v) is 25.2. The molecule has 0 spiro atoms. The molecular weight excluding hydrogens is 552 g/mol. The first-order valence-corrected chi connectivity index (χ1v) is 14.5. The monoisotopic (exact) mass is 589 g/mol. The fourth-order valence-corrected chi connectivity index (χ4v) is 5.51. The van der Waals surface area contributed by atoms with Crippen LogP contribution >= 0.6 is 0 Å². The van der Waals surface area contributed by atoms with Crippen molar-refractivity contribution in [1.29, 1.82) is 0 Å². The predicted octanol–water partition coefficient (Wildman–Crippen LogP) is 6.47. The first kappa shape index (κ1) is 31.5. The van der Waals surface area contributed by atoms with Crippen molar-refractivity contribution in [1.82, 2.24) is 19.5 Å². The minimum absolute atomic E-state index is 0.0472. The molecule has 10 heteroatoms. The Hall–Kier alpha value is -4.47. The molecule has 0 bridgehead atoms. The Labute approximate surface area is 249 Å². The molecule has 1 N–H and O–H groups in total. The number of phenols is 1. The fraction of sp³-hybridized carbons (Fsp3) is 0.364. The summed E-state index contributed by atoms with van der Waals surface area (Å²) in [5.41, 5.74) is 0.374. The van der Waals surface area contributed by atoms with Crippen LogP contribution in [0, 0.1) is 24.5 Å². The molecule has 2 atom stereocenters. The van der Waals surface area contributed by atoms with Crippen LogP contribution in [0.5, 0.6) is 5.75 Å². The number of rotatable bonds is 12. The van der Waals surface area contributed by atoms with E-state index in [1.54, 1.807) is 12.3 Å². The Morgan fingerprint density at radius 2 is 1.88 bits per heavy atom. The minimum Gasteiger partial charge on any atom is -0.507 e. The number of pyridine rings is 2. The predicted molar refractivity (Wildman–Crippen MR) is 165 cm³/mol. The van der Waals surface area contributed by atoms with Gasteiger partial charge in [0.15, 0.2) is 17.2 Å². The number of nitrogens with zero attached hydrogens (tertiary/aromatic N) is 5. The molecule has 4 rings (SSSR count). The van der Waals surface area contributed by atoms with E-state index in [1.807, 2.05) is 39.5 Å². The number of anilines is 1. The maximum atomic E-state index is 15.9. The zero-order chi connectivity index (χ0) is 31.4. The second kappa shape index (κ2) is 13.2. The summed E-state index contributed by atoms with van der Waals surface area (Å²) in [6.07, 6.45) is 5.38. The first-order chi connectivity index (χ1) is 20.5. The van der Waals surface area contributed by atoms with Crippen LogP contribution in [0.3, 0.4) is 0 Å². The lowest BCUT2D eigenvalue weighted by molar-refractivity contribution is -0.118. The number of ketones is 1. The number of allylic oxidation sites excluding steroid dienone is 1. The van der Waals surface area contributed by atoms with Gasteiger partial charge >= 0.3 is 5.69 Å². The maximum Gasteiger partial charge on any atom is 0.355 e. The average molecular weight is 590 g/mol. The number of aromatic hydroxyl groups is 1. The van der Waals surface area contributed by atoms with Gasteiger partial charge < -0.3 is 10.0 Å². The van der Waals surface area contributed by atoms with Crippen molar-refractivity contribution < 1.29 is 18.7 Å². The number of aryl methyl sites for hydroxylation is 2. The molecule has 0 aliphatic carbocycles. The van der Waals surface area contributed by atoms with E-state index in [2.05, 4.69) is 21.5 Å². The van der Waals surface area contributed by atoms with Gasteiger partial charge in [0.25, 0.3) is 0 Å². The van der Waals surface area contributed by atoms with Gasteiger partial charge in [-0.25, -0.2) is 23.1 Å². The number of halogens is 2. The summed E-state index contributed by atoms with van der Waals surface area (Å²) in [5.74, 6) is -2.47. The van der Waals surface area contributed by atoms with E-state index in [0.717, 1.165) is 18.1 Å². The molecule has 0 radical (unpaired) electrons. The van der Waals surface area contributed by atoms with Crippen molar-refractivity contribution in [3.8, 4) is 22.7 Å². The lowest BCUT2D eigenvalue weighted by atomic mass is 9.97. The number of benzene rings is 1. The van der Waals surface area contributed by atoms with Crippen LogP contribution < -0.4 is 10.6 Å². The zero-order valence-electron chi connectivity index (χ0n) is 25.2. The molecular formula is C33H37F2N5O3. The van der Waals surface area contributed by atoms with Crippen LogP contribution in [0.15, 0.2) is 54.0 Å². The van der Waals surface area contributed by atoms with Gasteiger partial charge in [0.2, 0.25) is 0 Å². The SMILES string of the molecule is C=CC(=O)C(C)C[C@H](C)N(CCC)c1nc(=O)n(-c2c(C)ccnc2CCC)c2nc(-c3c(O)cccc3F)c(F)cc12. The van der Waals surface area contributed by atoms with Gasteiger partial charge in [-0.2, -0.15) is 4.98 Å². The Kier molecular flexibility index (Phi) is 9.68. The summed E-state index contributed by atoms with van der Waals surface area (Å²) in [4.78, 5) is 41.7. The molecule has 1 unspecified atom stereocenters. The van der Waals surface area contributed by atoms with Gasteiger partial charge in [-0.05, 0) is 69.0 Å². The second-order valence-electron chi connectivity index (χ2n) is 10.8. The summed E-state index contributed by atoms with van der Waals surface area (Å²) in [6, 6.07) is 6.34. The molecule has 1 aromatic carbocycles. The van der Waals surface area contributed by atoms with E-state index in [-0.39, 0.29) is 34.6 Å². The largest absolute Gasteiger partial charge is 0.507 e. The summed E-state index contributed by atoms with van der Waals surface area (Å²) in [7, 11) is 0. The molecule has 0 saturated carbocycles. The molecule has 4 aromatic rings. The van der Waals surface area contributed by atoms with E-state index in [0.29, 0.717) is 37.2 Å². The highest BCUT2D eigenvalue weighted by Gasteiger charge is 2.28. The molecule has 43 heavy (non-hydrogen) atoms. The van der Waals surface area contributed by atoms with Crippen molar-refractivity contribution in [2.75, 3.05) is 11.4 Å². The fourth-order valence-electron chi connectivity index (χ4n) is 5.51. The Morgan fingerprint density at radius 1 is 1.14 bits per heavy atom. The molecule has 0 amide bonds. The summed E-state index contributed by atoms with van der Waals surface area (Å²) in [5, 5.41) is 10.7. The Balaban J connectivity index is 2.10. The van der Waals surface area contributed by atoms with E-state index >= 15 is 4.39 Å². The van der Waals surface area contributed by atoms with Gasteiger partial charge in [0.1, 0.15) is 23.1 Å². The quantitative estimate of drug-likeness (QED) is 0.189. The second-order valence-corrected chi connectivity index (χ2v) is 10.8. The van der Waals surface area contributed by atoms with Crippen molar-refractivity contribution in [2.24, 2.45) is 5.92 Å². The normalized spacial score (nSPS) is 12.7. The summed E-state index contributed by atoms with van der Waals surface area (Å²) in [6.45, 7) is 13.6. The molecule has 3 heterocycles. The van der Waals surface area contributed by atoms with Gasteiger partial charge in [0.05, 0.1) is 22.3 Å². The van der Waals surface area contributed by atoms with Crippen LogP contribution in [0.25, 0.3) is 28.0 Å². The highest BCUT2D eigenvalue weighted by Crippen LogP contribution is 2.36. The molecule has 8 nitrogen and oxygen atoms in total. The average Bonchev–Trinajstić information content (AvgIpc) is 2.96. The lowest BCUT2D eigenvalue weighted by Crippen LogP contribution is -2.39. The van der Waals surface area contributed by atoms with E-state index in [9.17, 15) is 19.1 Å². The standard InChI is InChI=1S/C33H37F2N5O3/c1-7-11-25-30(19(4)14-15-36-25)40-32-22(18-24(35)29(37-32)28-23(34)12-10-13-27(28)42)31(38-33(40)43)39(16-8-2)21(6)17-20(5)26(41)9-3/h9-10,12-15,18,20-21,42H,3,7-8,11,16-17H2,1-2,4-6H3/t20?,21-/m0/s1. The van der Waals surface area contributed by atoms with E-state index in [4.69, 9.17) is 0 Å². The van der Waals surface area contributed by atoms with Crippen molar-refractivity contribution in [3.05, 3.63) is 82.6 Å². The number of fused-ring (bicyclic) bond motifs is 1. The molecule has 0 aliphatic heterocycles. The van der Waals surface area contributed by atoms with Gasteiger partial charge in [-0.15, -0.1) is 0 Å². The maximum absolute atomic E-state index is 15.9. The van der Waals surface area contributed by atoms with Crippen LogP contribution in [-0.4, -0.2) is 43.0 Å². The third-order valence-corrected chi connectivity index (χ3v) is 7.59. The number of phenolic OH excluding ortho intramolecular Hbond substituents is 1. The van der Waals surface area contributed by atoms with E-state index < -0.39 is 34.3 Å². The number of hydrogen-bond donors (Lipinski definition) is 1. The Morgan fingerprint density at radius 3 is 2.53 bits per heavy atom. The summed E-state index contributed by atoms with van der Waals surface area (Å²) >= 11 is 0. The molecule has 3 aromatic heterocycles.